The Kier molecular flexibility index (Phi) is 6.27. The van der Waals surface area contributed by atoms with E-state index >= 15 is 0 Å². The molecule has 0 bridgehead atoms. The highest BCUT2D eigenvalue weighted by Crippen LogP contribution is 2.24. The monoisotopic (exact) mass is 360 g/mol. The van der Waals surface area contributed by atoms with Gasteiger partial charge in [-0.25, -0.2) is 5.43 Å². The average Bonchev–Trinajstić information content (AvgIpc) is 2.49. The van der Waals surface area contributed by atoms with Gasteiger partial charge in [-0.3, -0.25) is 5.43 Å². The summed E-state index contributed by atoms with van der Waals surface area (Å²) < 4.78 is 40.4. The van der Waals surface area contributed by atoms with Gasteiger partial charge in [-0.2, -0.15) is 0 Å². The molecule has 0 unspecified atom stereocenters. The van der Waals surface area contributed by atoms with Gasteiger partial charge in [0.15, 0.2) is 5.11 Å². The molecule has 2 rings (SSSR count). The minimum absolute atomic E-state index is 0.165. The van der Waals surface area contributed by atoms with Gasteiger partial charge in [-0.1, -0.05) is 18.2 Å². The molecule has 0 fully saturated rings. The second kappa shape index (κ2) is 8.20. The molecule has 4 N–H and O–H groups in total. The maximum Gasteiger partial charge on any atom is 0.573 e. The molecule has 1 heterocycles. The van der Waals surface area contributed by atoms with E-state index in [1.165, 1.54) is 12.1 Å². The molecular formula is C15H19F3N4OS. The summed E-state index contributed by atoms with van der Waals surface area (Å²) in [6.07, 6.45) is -0.536. The van der Waals surface area contributed by atoms with Crippen LogP contribution in [0.5, 0.6) is 5.75 Å². The molecule has 0 saturated carbocycles. The Morgan fingerprint density at radius 1 is 1.29 bits per heavy atom. The van der Waals surface area contributed by atoms with Crippen LogP contribution < -0.4 is 21.3 Å². The summed E-state index contributed by atoms with van der Waals surface area (Å²) in [5, 5.41) is 0.165. The summed E-state index contributed by atoms with van der Waals surface area (Å²) in [5.74, 6) is -0.219. The van der Waals surface area contributed by atoms with E-state index in [0.29, 0.717) is 13.1 Å². The lowest BCUT2D eigenvalue weighted by Gasteiger charge is -2.31. The molecule has 1 aliphatic rings. The Morgan fingerprint density at radius 3 is 2.62 bits per heavy atom. The van der Waals surface area contributed by atoms with Gasteiger partial charge in [0.1, 0.15) is 5.75 Å². The number of hydrogen-bond acceptors (Lipinski definition) is 4. The largest absolute Gasteiger partial charge is 0.573 e. The zero-order valence-electron chi connectivity index (χ0n) is 12.9. The van der Waals surface area contributed by atoms with E-state index in [9.17, 15) is 13.2 Å². The van der Waals surface area contributed by atoms with E-state index in [2.05, 4.69) is 26.6 Å². The van der Waals surface area contributed by atoms with Gasteiger partial charge in [0.05, 0.1) is 6.54 Å². The van der Waals surface area contributed by atoms with Crippen LogP contribution in [0.4, 0.5) is 13.2 Å². The van der Waals surface area contributed by atoms with Crippen molar-refractivity contribution in [2.24, 2.45) is 5.73 Å². The van der Waals surface area contributed by atoms with Gasteiger partial charge < -0.3 is 15.4 Å². The van der Waals surface area contributed by atoms with Crippen molar-refractivity contribution in [2.75, 3.05) is 13.1 Å². The van der Waals surface area contributed by atoms with Crippen molar-refractivity contribution in [1.82, 2.24) is 15.8 Å². The number of nitrogens with zero attached hydrogens (tertiary/aromatic N) is 1. The molecule has 0 spiro atoms. The number of allylic oxidation sites excluding steroid dienone is 1. The fourth-order valence-electron chi connectivity index (χ4n) is 2.43. The lowest BCUT2D eigenvalue weighted by Crippen LogP contribution is -2.44. The van der Waals surface area contributed by atoms with E-state index in [0.717, 1.165) is 30.6 Å². The summed E-state index contributed by atoms with van der Waals surface area (Å²) in [6.45, 7) is 2.03. The Bertz CT molecular complexity index is 589. The number of ether oxygens (including phenoxy) is 1. The standard InChI is InChI=1S/C15H19F3N4OS/c16-15(17,18)23-13-6-4-11(5-7-13)10-22-8-2-1-3-12(22)9-20-21-14(19)24/h3-7,20H,1-2,8-10H2,(H3,19,21,24). The SMILES string of the molecule is NC(=S)NNCC1=CCCCN1Cc1ccc(OC(F)(F)F)cc1. The van der Waals surface area contributed by atoms with Gasteiger partial charge in [-0.05, 0) is 42.8 Å². The predicted octanol–water partition coefficient (Wildman–Crippen LogP) is 2.40. The number of hydrazine groups is 1. The number of thiocarbonyl (C=S) groups is 1. The van der Waals surface area contributed by atoms with Crippen molar-refractivity contribution in [1.29, 1.82) is 0 Å². The first-order valence-corrected chi connectivity index (χ1v) is 7.81. The van der Waals surface area contributed by atoms with Crippen LogP contribution in [-0.4, -0.2) is 29.5 Å². The zero-order chi connectivity index (χ0) is 17.6. The van der Waals surface area contributed by atoms with Crippen LogP contribution in [0.1, 0.15) is 18.4 Å². The first-order chi connectivity index (χ1) is 11.3. The van der Waals surface area contributed by atoms with Crippen LogP contribution in [0, 0.1) is 0 Å². The highest BCUT2D eigenvalue weighted by atomic mass is 32.1. The molecular weight excluding hydrogens is 341 g/mol. The third kappa shape index (κ3) is 6.25. The molecule has 24 heavy (non-hydrogen) atoms. The highest BCUT2D eigenvalue weighted by molar-refractivity contribution is 7.80. The van der Waals surface area contributed by atoms with Crippen LogP contribution in [0.3, 0.4) is 0 Å². The molecule has 5 nitrogen and oxygen atoms in total. The van der Waals surface area contributed by atoms with E-state index in [1.807, 2.05) is 0 Å². The van der Waals surface area contributed by atoms with Crippen LogP contribution in [0.2, 0.25) is 0 Å². The van der Waals surface area contributed by atoms with Crippen molar-refractivity contribution in [3.63, 3.8) is 0 Å². The van der Waals surface area contributed by atoms with Crippen LogP contribution in [-0.2, 0) is 6.54 Å². The van der Waals surface area contributed by atoms with Crippen LogP contribution in [0.15, 0.2) is 36.0 Å². The summed E-state index contributed by atoms with van der Waals surface area (Å²) >= 11 is 4.73. The first-order valence-electron chi connectivity index (χ1n) is 7.40. The molecule has 1 aromatic carbocycles. The Hall–Kier alpha value is -2.00. The van der Waals surface area contributed by atoms with Crippen molar-refractivity contribution >= 4 is 17.3 Å². The number of nitrogens with two attached hydrogens (primary N) is 1. The molecule has 132 valence electrons. The zero-order valence-corrected chi connectivity index (χ0v) is 13.7. The summed E-state index contributed by atoms with van der Waals surface area (Å²) in [7, 11) is 0. The molecule has 1 aromatic rings. The average molecular weight is 360 g/mol. The van der Waals surface area contributed by atoms with E-state index in [4.69, 9.17) is 18.0 Å². The Labute approximate surface area is 143 Å². The van der Waals surface area contributed by atoms with Crippen molar-refractivity contribution in [2.45, 2.75) is 25.7 Å². The second-order valence-corrected chi connectivity index (χ2v) is 5.73. The molecule has 0 amide bonds. The third-order valence-corrected chi connectivity index (χ3v) is 3.53. The summed E-state index contributed by atoms with van der Waals surface area (Å²) in [4.78, 5) is 2.16. The number of alkyl halides is 3. The number of nitrogens with one attached hydrogen (secondary N) is 2. The summed E-state index contributed by atoms with van der Waals surface area (Å²) in [5.41, 5.74) is 13.0. The van der Waals surface area contributed by atoms with E-state index in [-0.39, 0.29) is 10.9 Å². The first kappa shape index (κ1) is 18.3. The molecule has 0 atom stereocenters. The minimum Gasteiger partial charge on any atom is -0.406 e. The maximum atomic E-state index is 12.2. The normalized spacial score (nSPS) is 15.0. The molecule has 0 aromatic heterocycles. The summed E-state index contributed by atoms with van der Waals surface area (Å²) in [6, 6.07) is 5.91. The number of hydrogen-bond donors (Lipinski definition) is 3. The molecule has 0 radical (unpaired) electrons. The molecule has 0 aliphatic carbocycles. The van der Waals surface area contributed by atoms with Crippen LogP contribution in [0.25, 0.3) is 0 Å². The lowest BCUT2D eigenvalue weighted by atomic mass is 10.1. The number of halogens is 3. The van der Waals surface area contributed by atoms with E-state index < -0.39 is 6.36 Å². The topological polar surface area (TPSA) is 62.5 Å². The molecule has 0 saturated heterocycles. The smallest absolute Gasteiger partial charge is 0.406 e. The maximum absolute atomic E-state index is 12.2. The predicted molar refractivity (Wildman–Crippen MR) is 88.8 cm³/mol. The molecule has 1 aliphatic heterocycles. The molecule has 9 heteroatoms. The fourth-order valence-corrected chi connectivity index (χ4v) is 2.50. The fraction of sp³-hybridized carbons (Fsp3) is 0.400. The van der Waals surface area contributed by atoms with Gasteiger partial charge in [0.25, 0.3) is 0 Å². The number of rotatable bonds is 6. The van der Waals surface area contributed by atoms with Crippen molar-refractivity contribution in [3.8, 4) is 5.75 Å². The van der Waals surface area contributed by atoms with E-state index in [1.54, 1.807) is 12.1 Å². The Balaban J connectivity index is 1.94. The van der Waals surface area contributed by atoms with Crippen molar-refractivity contribution in [3.05, 3.63) is 41.6 Å². The van der Waals surface area contributed by atoms with Gasteiger partial charge in [0.2, 0.25) is 0 Å². The second-order valence-electron chi connectivity index (χ2n) is 5.29. The quantitative estimate of drug-likeness (QED) is 0.535. The van der Waals surface area contributed by atoms with Gasteiger partial charge >= 0.3 is 6.36 Å². The van der Waals surface area contributed by atoms with Gasteiger partial charge in [0, 0.05) is 18.8 Å². The Morgan fingerprint density at radius 2 is 2.00 bits per heavy atom. The third-order valence-electron chi connectivity index (χ3n) is 3.43. The van der Waals surface area contributed by atoms with Crippen LogP contribution >= 0.6 is 12.2 Å². The lowest BCUT2D eigenvalue weighted by molar-refractivity contribution is -0.274. The number of benzene rings is 1. The highest BCUT2D eigenvalue weighted by Gasteiger charge is 2.30. The van der Waals surface area contributed by atoms with Gasteiger partial charge in [-0.15, -0.1) is 13.2 Å². The van der Waals surface area contributed by atoms with Crippen molar-refractivity contribution < 1.29 is 17.9 Å². The minimum atomic E-state index is -4.67.